The molecule has 0 fully saturated rings. The summed E-state index contributed by atoms with van der Waals surface area (Å²) in [7, 11) is -9.83. The molecular weight excluding hydrogens is 291 g/mol. The topological polar surface area (TPSA) is 155 Å². The summed E-state index contributed by atoms with van der Waals surface area (Å²) < 4.78 is 65.7. The van der Waals surface area contributed by atoms with Crippen LogP contribution < -0.4 is 12.4 Å². The molecule has 0 aromatic heterocycles. The van der Waals surface area contributed by atoms with Crippen molar-refractivity contribution in [3.8, 4) is 0 Å². The quantitative estimate of drug-likeness (QED) is 0.255. The first-order valence-corrected chi connectivity index (χ1v) is 4.10. The monoisotopic (exact) mass is 292 g/mol. The van der Waals surface area contributed by atoms with E-state index in [0.717, 1.165) is 0 Å². The van der Waals surface area contributed by atoms with E-state index >= 15 is 0 Å². The Kier molecular flexibility index (Phi) is 15.6. The maximum absolute atomic E-state index is 8.74. The van der Waals surface area contributed by atoms with Crippen molar-refractivity contribution in [2.45, 2.75) is 0 Å². The first kappa shape index (κ1) is 22.9. The number of rotatable bonds is 0. The molecule has 0 saturated heterocycles. The van der Waals surface area contributed by atoms with Crippen LogP contribution in [-0.2, 0) is 37.9 Å². The Morgan fingerprint density at radius 3 is 0.917 bits per heavy atom. The zero-order valence-electron chi connectivity index (χ0n) is 4.84. The molecule has 0 aromatic rings. The summed E-state index contributed by atoms with van der Waals surface area (Å²) in [6.45, 7) is 0. The van der Waals surface area contributed by atoms with Crippen LogP contribution in [0.2, 0.25) is 0 Å². The van der Waals surface area contributed by atoms with E-state index in [2.05, 4.69) is 0 Å². The summed E-state index contributed by atoms with van der Waals surface area (Å²) in [4.78, 5) is 0. The molecule has 0 atom stereocenters. The van der Waals surface area contributed by atoms with Gasteiger partial charge in [0.1, 0.15) is 0 Å². The number of hydrogen-bond acceptors (Lipinski definition) is 6. The molecule has 0 rings (SSSR count). The van der Waals surface area contributed by atoms with Crippen molar-refractivity contribution in [3.63, 3.8) is 0 Å². The van der Waals surface area contributed by atoms with Gasteiger partial charge in [0.15, 0.2) is 0 Å². The molecule has 2 N–H and O–H groups in total. The second-order valence-corrected chi connectivity index (χ2v) is 2.57. The van der Waals surface area contributed by atoms with Gasteiger partial charge in [-0.2, -0.15) is 8.42 Å². The molecule has 12 heteroatoms. The van der Waals surface area contributed by atoms with E-state index in [1.807, 2.05) is 0 Å². The largest absolute Gasteiger partial charge is 1.00 e. The van der Waals surface area contributed by atoms with Gasteiger partial charge in [0.2, 0.25) is 0 Å². The summed E-state index contributed by atoms with van der Waals surface area (Å²) in [5.74, 6) is 0. The Hall–Kier alpha value is 0.549. The smallest absolute Gasteiger partial charge is 0.394 e. The van der Waals surface area contributed by atoms with Crippen LogP contribution in [-0.4, -0.2) is 35.0 Å². The molecule has 0 aliphatic carbocycles. The Labute approximate surface area is 85.4 Å². The Bertz CT molecular complexity index is 213. The Balaban J connectivity index is -0.0000000457. The summed E-state index contributed by atoms with van der Waals surface area (Å²) >= 11 is 0. The third-order valence-corrected chi connectivity index (χ3v) is 0. The minimum Gasteiger partial charge on any atom is -1.00 e. The standard InChI is InChI=1S/ClH.Cu.2H2O4S/c;;2*1-5(2,3)4/h1H;;2*(H2,1,2,3,4)/p-3. The molecule has 0 spiro atoms. The molecule has 0 aromatic carbocycles. The van der Waals surface area contributed by atoms with Crippen LogP contribution in [0.5, 0.6) is 0 Å². The van der Waals surface area contributed by atoms with E-state index in [0.29, 0.717) is 0 Å². The first-order valence-electron chi connectivity index (χ1n) is 1.37. The summed E-state index contributed by atoms with van der Waals surface area (Å²) in [6.07, 6.45) is 0. The second kappa shape index (κ2) is 8.16. The fourth-order valence-corrected chi connectivity index (χ4v) is 0. The van der Waals surface area contributed by atoms with Gasteiger partial charge in [-0.15, -0.1) is 0 Å². The molecule has 0 aliphatic rings. The maximum Gasteiger partial charge on any atom is 0.394 e. The van der Waals surface area contributed by atoms with Crippen molar-refractivity contribution in [3.05, 3.63) is 0 Å². The van der Waals surface area contributed by atoms with Crippen molar-refractivity contribution in [2.24, 2.45) is 0 Å². The molecule has 0 amide bonds. The van der Waals surface area contributed by atoms with Crippen LogP contribution >= 0.6 is 0 Å². The van der Waals surface area contributed by atoms with Gasteiger partial charge in [-0.05, 0) is 0 Å². The van der Waals surface area contributed by atoms with Crippen molar-refractivity contribution < 1.29 is 64.5 Å². The van der Waals surface area contributed by atoms with Gasteiger partial charge in [-0.1, -0.05) is 0 Å². The fraction of sp³-hybridized carbons (Fsp3) is 0. The fourth-order valence-electron chi connectivity index (χ4n) is 0. The van der Waals surface area contributed by atoms with Gasteiger partial charge in [-0.25, -0.2) is 0 Å². The normalized spacial score (nSPS) is 9.67. The number of halogens is 1. The molecular formula is H2ClCuO8S2-3. The Morgan fingerprint density at radius 2 is 0.917 bits per heavy atom. The van der Waals surface area contributed by atoms with Crippen LogP contribution in [0, 0.1) is 0 Å². The summed E-state index contributed by atoms with van der Waals surface area (Å²) in [6, 6.07) is 0. The van der Waals surface area contributed by atoms with Crippen molar-refractivity contribution in [2.75, 3.05) is 0 Å². The summed E-state index contributed by atoms with van der Waals surface area (Å²) in [5.41, 5.74) is 0. The van der Waals surface area contributed by atoms with Gasteiger partial charge >= 0.3 is 10.4 Å². The van der Waals surface area contributed by atoms with Crippen LogP contribution in [0.25, 0.3) is 0 Å². The van der Waals surface area contributed by atoms with Crippen molar-refractivity contribution in [1.29, 1.82) is 0 Å². The molecule has 0 bridgehead atoms. The molecule has 0 unspecified atom stereocenters. The minimum absolute atomic E-state index is 0. The Morgan fingerprint density at radius 1 is 0.917 bits per heavy atom. The predicted octanol–water partition coefficient (Wildman–Crippen LogP) is -4.99. The number of hydrogen-bond donors (Lipinski definition) is 2. The molecule has 12 heavy (non-hydrogen) atoms. The van der Waals surface area contributed by atoms with E-state index in [1.54, 1.807) is 0 Å². The third-order valence-electron chi connectivity index (χ3n) is 0. The molecule has 1 radical (unpaired) electrons. The second-order valence-electron chi connectivity index (χ2n) is 0.856. The van der Waals surface area contributed by atoms with Crippen molar-refractivity contribution >= 4 is 20.8 Å². The minimum atomic E-state index is -5.17. The third kappa shape index (κ3) is 3190. The van der Waals surface area contributed by atoms with E-state index < -0.39 is 20.8 Å². The molecule has 0 saturated carbocycles. The van der Waals surface area contributed by atoms with Crippen LogP contribution in [0.1, 0.15) is 0 Å². The molecule has 0 heterocycles. The van der Waals surface area contributed by atoms with Gasteiger partial charge in [0.25, 0.3) is 0 Å². The van der Waals surface area contributed by atoms with Crippen LogP contribution in [0.3, 0.4) is 0 Å². The van der Waals surface area contributed by atoms with Gasteiger partial charge in [0.05, 0.1) is 0 Å². The van der Waals surface area contributed by atoms with Gasteiger partial charge < -0.3 is 21.5 Å². The maximum atomic E-state index is 8.74. The van der Waals surface area contributed by atoms with Gasteiger partial charge in [0, 0.05) is 27.5 Å². The van der Waals surface area contributed by atoms with Crippen LogP contribution in [0.15, 0.2) is 0 Å². The van der Waals surface area contributed by atoms with E-state index in [9.17, 15) is 0 Å². The van der Waals surface area contributed by atoms with Crippen LogP contribution in [0.4, 0.5) is 0 Å². The van der Waals surface area contributed by atoms with E-state index in [4.69, 9.17) is 35.0 Å². The SMILES string of the molecule is O=S(=O)(O)O.O=S(=O)([O-])[O-].[Cl-].[Cu]. The average Bonchev–Trinajstić information content (AvgIpc) is 1.12. The predicted molar refractivity (Wildman–Crippen MR) is 24.7 cm³/mol. The summed E-state index contributed by atoms with van der Waals surface area (Å²) in [5, 5.41) is 0. The molecule has 8 nitrogen and oxygen atoms in total. The van der Waals surface area contributed by atoms with E-state index in [-0.39, 0.29) is 29.5 Å². The van der Waals surface area contributed by atoms with Gasteiger partial charge in [-0.3, -0.25) is 17.5 Å². The molecule has 83 valence electrons. The zero-order valence-corrected chi connectivity index (χ0v) is 8.17. The average molecular weight is 293 g/mol. The zero-order chi connectivity index (χ0) is 9.00. The van der Waals surface area contributed by atoms with E-state index in [1.165, 1.54) is 0 Å². The first-order chi connectivity index (χ1) is 4.00. The van der Waals surface area contributed by atoms with Crippen molar-refractivity contribution in [1.82, 2.24) is 0 Å². The molecule has 0 aliphatic heterocycles.